The van der Waals surface area contributed by atoms with Crippen LogP contribution in [0.2, 0.25) is 0 Å². The summed E-state index contributed by atoms with van der Waals surface area (Å²) < 4.78 is 42.1. The molecule has 0 N–H and O–H groups in total. The van der Waals surface area contributed by atoms with Gasteiger partial charge in [0, 0.05) is 12.4 Å². The van der Waals surface area contributed by atoms with E-state index in [9.17, 15) is 13.2 Å². The van der Waals surface area contributed by atoms with Crippen molar-refractivity contribution < 1.29 is 13.2 Å². The molecule has 0 aliphatic heterocycles. The van der Waals surface area contributed by atoms with Crippen LogP contribution < -0.4 is 0 Å². The first kappa shape index (κ1) is 13.3. The van der Waals surface area contributed by atoms with Gasteiger partial charge in [-0.25, -0.2) is 0 Å². The van der Waals surface area contributed by atoms with Crippen molar-refractivity contribution in [2.24, 2.45) is 0 Å². The van der Waals surface area contributed by atoms with Gasteiger partial charge in [0.2, 0.25) is 0 Å². The third-order valence-electron chi connectivity index (χ3n) is 2.95. The van der Waals surface area contributed by atoms with Crippen LogP contribution in [0.5, 0.6) is 0 Å². The summed E-state index contributed by atoms with van der Waals surface area (Å²) >= 11 is 0. The van der Waals surface area contributed by atoms with Crippen molar-refractivity contribution in [2.45, 2.75) is 12.7 Å². The van der Waals surface area contributed by atoms with Crippen LogP contribution in [0.3, 0.4) is 0 Å². The van der Waals surface area contributed by atoms with E-state index in [-0.39, 0.29) is 12.2 Å². The largest absolute Gasteiger partial charge is 0.418 e. The number of aromatic nitrogens is 5. The van der Waals surface area contributed by atoms with Gasteiger partial charge in [0.1, 0.15) is 12.9 Å². The smallest absolute Gasteiger partial charge is 0.283 e. The van der Waals surface area contributed by atoms with Gasteiger partial charge in [-0.05, 0) is 18.2 Å². The van der Waals surface area contributed by atoms with Gasteiger partial charge in [-0.3, -0.25) is 9.25 Å². The Kier molecular flexibility index (Phi) is 3.20. The maximum Gasteiger partial charge on any atom is 0.418 e. The van der Waals surface area contributed by atoms with E-state index in [0.717, 1.165) is 6.07 Å². The summed E-state index contributed by atoms with van der Waals surface area (Å²) in [6.45, 7) is 0.235. The molecule has 0 saturated heterocycles. The van der Waals surface area contributed by atoms with E-state index in [2.05, 4.69) is 15.3 Å². The average Bonchev–Trinajstić information content (AvgIpc) is 3.10. The molecule has 0 fully saturated rings. The van der Waals surface area contributed by atoms with Crippen molar-refractivity contribution in [3.8, 4) is 5.69 Å². The van der Waals surface area contributed by atoms with E-state index >= 15 is 0 Å². The monoisotopic (exact) mass is 293 g/mol. The molecule has 0 amide bonds. The number of hydrogen-bond donors (Lipinski definition) is 0. The SMILES string of the molecule is FC(F)(F)c1ccccc1-n1cnnc1Cn1cccn1. The molecule has 0 unspecified atom stereocenters. The molecule has 5 nitrogen and oxygen atoms in total. The predicted molar refractivity (Wildman–Crippen MR) is 67.7 cm³/mol. The molecule has 2 aromatic heterocycles. The van der Waals surface area contributed by atoms with E-state index in [1.165, 1.54) is 23.0 Å². The first-order chi connectivity index (χ1) is 10.1. The Morgan fingerprint density at radius 1 is 1.10 bits per heavy atom. The fourth-order valence-corrected chi connectivity index (χ4v) is 2.03. The number of benzene rings is 1. The summed E-state index contributed by atoms with van der Waals surface area (Å²) in [5.41, 5.74) is -0.733. The van der Waals surface area contributed by atoms with E-state index < -0.39 is 11.7 Å². The summed E-state index contributed by atoms with van der Waals surface area (Å²) in [4.78, 5) is 0. The Morgan fingerprint density at radius 3 is 2.62 bits per heavy atom. The van der Waals surface area contributed by atoms with Crippen LogP contribution in [0, 0.1) is 0 Å². The summed E-state index contributed by atoms with van der Waals surface area (Å²) in [6.07, 6.45) is 0.117. The normalized spacial score (nSPS) is 11.8. The van der Waals surface area contributed by atoms with Crippen molar-refractivity contribution in [1.82, 2.24) is 24.5 Å². The zero-order chi connectivity index (χ0) is 14.9. The molecule has 1 aromatic carbocycles. The molecule has 3 aromatic rings. The summed E-state index contributed by atoms with van der Waals surface area (Å²) in [5, 5.41) is 11.6. The predicted octanol–water partition coefficient (Wildman–Crippen LogP) is 2.53. The van der Waals surface area contributed by atoms with E-state index in [0.29, 0.717) is 5.82 Å². The lowest BCUT2D eigenvalue weighted by Gasteiger charge is -2.14. The first-order valence-electron chi connectivity index (χ1n) is 6.08. The lowest BCUT2D eigenvalue weighted by atomic mass is 10.1. The molecule has 2 heterocycles. The van der Waals surface area contributed by atoms with Crippen LogP contribution in [0.15, 0.2) is 49.1 Å². The lowest BCUT2D eigenvalue weighted by Crippen LogP contribution is -2.13. The molecule has 0 aliphatic rings. The van der Waals surface area contributed by atoms with Gasteiger partial charge in [0.15, 0.2) is 5.82 Å². The third kappa shape index (κ3) is 2.64. The average molecular weight is 293 g/mol. The number of para-hydroxylation sites is 1. The van der Waals surface area contributed by atoms with Gasteiger partial charge >= 0.3 is 6.18 Å². The number of hydrogen-bond acceptors (Lipinski definition) is 3. The van der Waals surface area contributed by atoms with Crippen molar-refractivity contribution in [2.75, 3.05) is 0 Å². The molecule has 8 heteroatoms. The van der Waals surface area contributed by atoms with Gasteiger partial charge < -0.3 is 0 Å². The minimum Gasteiger partial charge on any atom is -0.283 e. The van der Waals surface area contributed by atoms with Crippen molar-refractivity contribution in [3.63, 3.8) is 0 Å². The second kappa shape index (κ2) is 5.04. The second-order valence-electron chi connectivity index (χ2n) is 4.34. The first-order valence-corrected chi connectivity index (χ1v) is 6.08. The Balaban J connectivity index is 2.05. The Hall–Kier alpha value is -2.64. The van der Waals surface area contributed by atoms with E-state index in [4.69, 9.17) is 0 Å². The number of nitrogens with zero attached hydrogens (tertiary/aromatic N) is 5. The summed E-state index contributed by atoms with van der Waals surface area (Å²) in [5.74, 6) is 0.371. The van der Waals surface area contributed by atoms with Crippen LogP contribution in [-0.2, 0) is 12.7 Å². The zero-order valence-electron chi connectivity index (χ0n) is 10.7. The molecular weight excluding hydrogens is 283 g/mol. The Morgan fingerprint density at radius 2 is 1.90 bits per heavy atom. The fourth-order valence-electron chi connectivity index (χ4n) is 2.03. The standard InChI is InChI=1S/C13H10F3N5/c14-13(15,16)10-4-1-2-5-11(10)21-9-17-19-12(21)8-20-7-3-6-18-20/h1-7,9H,8H2. The number of alkyl halides is 3. The maximum atomic E-state index is 13.1. The number of rotatable bonds is 3. The Labute approximate surface area is 117 Å². The van der Waals surface area contributed by atoms with Gasteiger partial charge in [-0.2, -0.15) is 18.3 Å². The molecule has 0 spiro atoms. The highest BCUT2D eigenvalue weighted by Gasteiger charge is 2.34. The van der Waals surface area contributed by atoms with Crippen LogP contribution in [0.4, 0.5) is 13.2 Å². The van der Waals surface area contributed by atoms with Crippen LogP contribution in [-0.4, -0.2) is 24.5 Å². The molecule has 3 rings (SSSR count). The molecule has 0 atom stereocenters. The lowest BCUT2D eigenvalue weighted by molar-refractivity contribution is -0.137. The van der Waals surface area contributed by atoms with Crippen molar-refractivity contribution in [3.05, 3.63) is 60.4 Å². The maximum absolute atomic E-state index is 13.1. The molecule has 0 aliphatic carbocycles. The van der Waals surface area contributed by atoms with Crippen molar-refractivity contribution in [1.29, 1.82) is 0 Å². The highest BCUT2D eigenvalue weighted by Crippen LogP contribution is 2.33. The van der Waals surface area contributed by atoms with Gasteiger partial charge in [0.05, 0.1) is 11.3 Å². The molecule has 0 bridgehead atoms. The highest BCUT2D eigenvalue weighted by molar-refractivity contribution is 5.43. The summed E-state index contributed by atoms with van der Waals surface area (Å²) in [6, 6.07) is 7.04. The van der Waals surface area contributed by atoms with Crippen molar-refractivity contribution >= 4 is 0 Å². The molecule has 0 radical (unpaired) electrons. The zero-order valence-corrected chi connectivity index (χ0v) is 10.7. The van der Waals surface area contributed by atoms with Gasteiger partial charge in [-0.1, -0.05) is 12.1 Å². The summed E-state index contributed by atoms with van der Waals surface area (Å²) in [7, 11) is 0. The minimum atomic E-state index is -4.44. The highest BCUT2D eigenvalue weighted by atomic mass is 19.4. The molecule has 21 heavy (non-hydrogen) atoms. The number of halogens is 3. The minimum absolute atomic E-state index is 0.00263. The molecular formula is C13H10F3N5. The molecule has 108 valence electrons. The second-order valence-corrected chi connectivity index (χ2v) is 4.34. The van der Waals surface area contributed by atoms with Crippen LogP contribution in [0.25, 0.3) is 5.69 Å². The molecule has 0 saturated carbocycles. The van der Waals surface area contributed by atoms with Crippen LogP contribution in [0.1, 0.15) is 11.4 Å². The van der Waals surface area contributed by atoms with E-state index in [1.54, 1.807) is 29.2 Å². The van der Waals surface area contributed by atoms with Gasteiger partial charge in [0.25, 0.3) is 0 Å². The van der Waals surface area contributed by atoms with E-state index in [1.807, 2.05) is 0 Å². The van der Waals surface area contributed by atoms with Gasteiger partial charge in [-0.15, -0.1) is 10.2 Å². The third-order valence-corrected chi connectivity index (χ3v) is 2.95. The van der Waals surface area contributed by atoms with Crippen LogP contribution >= 0.6 is 0 Å². The quantitative estimate of drug-likeness (QED) is 0.745. The fraction of sp³-hybridized carbons (Fsp3) is 0.154. The Bertz CT molecular complexity index is 730. The topological polar surface area (TPSA) is 48.5 Å².